The van der Waals surface area contributed by atoms with E-state index in [4.69, 9.17) is 9.15 Å². The second kappa shape index (κ2) is 3.66. The topological polar surface area (TPSA) is 40.2 Å². The van der Waals surface area contributed by atoms with Gasteiger partial charge in [0.1, 0.15) is 0 Å². The summed E-state index contributed by atoms with van der Waals surface area (Å²) in [6.45, 7) is 0. The quantitative estimate of drug-likeness (QED) is 0.677. The van der Waals surface area contributed by atoms with Crippen LogP contribution in [0.15, 0.2) is 41.1 Å². The lowest BCUT2D eigenvalue weighted by Crippen LogP contribution is -1.81. The molecule has 2 heterocycles. The van der Waals surface area contributed by atoms with Crippen molar-refractivity contribution in [3.63, 3.8) is 0 Å². The third kappa shape index (κ3) is 1.49. The van der Waals surface area contributed by atoms with Crippen LogP contribution in [-0.4, -0.2) is 16.7 Å². The van der Waals surface area contributed by atoms with Crippen molar-refractivity contribution in [1.29, 1.82) is 0 Å². The highest BCUT2D eigenvalue weighted by Crippen LogP contribution is 2.31. The lowest BCUT2D eigenvalue weighted by molar-refractivity contribution is 0.293. The highest BCUT2D eigenvalue weighted by atomic mass is 16.6. The van der Waals surface area contributed by atoms with Gasteiger partial charge in [-0.25, -0.2) is 0 Å². The van der Waals surface area contributed by atoms with E-state index >= 15 is 0 Å². The van der Waals surface area contributed by atoms with Gasteiger partial charge in [0, 0.05) is 29.7 Å². The molecule has 3 rings (SSSR count). The summed E-state index contributed by atoms with van der Waals surface area (Å²) in [4.78, 5) is 4.03. The summed E-state index contributed by atoms with van der Waals surface area (Å²) in [5, 5.41) is 1.15. The van der Waals surface area contributed by atoms with Gasteiger partial charge >= 0.3 is 6.08 Å². The summed E-state index contributed by atoms with van der Waals surface area (Å²) in [6.07, 6.45) is 4.00. The number of ether oxygens (including phenoxy) is 1. The van der Waals surface area contributed by atoms with Gasteiger partial charge in [0.25, 0.3) is 0 Å². The number of rotatable bonds is 2. The zero-order valence-electron chi connectivity index (χ0n) is 9.68. The van der Waals surface area contributed by atoms with Gasteiger partial charge in [0.2, 0.25) is 0 Å². The maximum absolute atomic E-state index is 5.49. The third-order valence-corrected chi connectivity index (χ3v) is 2.82. The van der Waals surface area contributed by atoms with E-state index in [2.05, 4.69) is 21.7 Å². The number of methoxy groups -OCH3 is 1. The molecule has 0 atom stereocenters. The third-order valence-electron chi connectivity index (χ3n) is 2.82. The highest BCUT2D eigenvalue weighted by molar-refractivity contribution is 5.94. The summed E-state index contributed by atoms with van der Waals surface area (Å²) in [5.41, 5.74) is 2.19. The van der Waals surface area contributed by atoms with Crippen molar-refractivity contribution in [1.82, 2.24) is 9.55 Å². The Morgan fingerprint density at radius 1 is 1.29 bits per heavy atom. The molecule has 0 radical (unpaired) electrons. The fourth-order valence-corrected chi connectivity index (χ4v) is 2.02. The van der Waals surface area contributed by atoms with Gasteiger partial charge in [0.15, 0.2) is 5.76 Å². The Morgan fingerprint density at radius 3 is 2.88 bits per heavy atom. The fourth-order valence-electron chi connectivity index (χ4n) is 2.02. The van der Waals surface area contributed by atoms with E-state index in [9.17, 15) is 0 Å². The average Bonchev–Trinajstić information content (AvgIpc) is 2.95. The largest absolute Gasteiger partial charge is 0.454 e. The molecule has 0 aliphatic heterocycles. The Bertz CT molecular complexity index is 667. The Morgan fingerprint density at radius 2 is 2.12 bits per heavy atom. The van der Waals surface area contributed by atoms with Crippen LogP contribution < -0.4 is 4.74 Å². The van der Waals surface area contributed by atoms with Gasteiger partial charge in [-0.15, -0.1) is 0 Å². The molecule has 0 aliphatic carbocycles. The molecule has 0 N–H and O–H groups in total. The molecule has 0 spiro atoms. The number of benzene rings is 1. The van der Waals surface area contributed by atoms with Gasteiger partial charge in [-0.3, -0.25) is 0 Å². The number of hydrogen-bond acceptors (Lipinski definition) is 3. The van der Waals surface area contributed by atoms with Crippen LogP contribution in [-0.2, 0) is 7.05 Å². The molecule has 0 saturated carbocycles. The SMILES string of the molecule is COc1ncc(-c2cn(C)c3ccccc23)o1. The van der Waals surface area contributed by atoms with Crippen LogP contribution in [0, 0.1) is 0 Å². The maximum atomic E-state index is 5.49. The first-order valence-electron chi connectivity index (χ1n) is 5.34. The molecule has 4 heteroatoms. The zero-order valence-corrected chi connectivity index (χ0v) is 9.68. The van der Waals surface area contributed by atoms with Crippen LogP contribution in [0.5, 0.6) is 6.08 Å². The predicted octanol–water partition coefficient (Wildman–Crippen LogP) is 2.84. The Balaban J connectivity index is 2.23. The van der Waals surface area contributed by atoms with Crippen molar-refractivity contribution in [3.8, 4) is 17.4 Å². The van der Waals surface area contributed by atoms with Gasteiger partial charge in [-0.1, -0.05) is 18.2 Å². The second-order valence-electron chi connectivity index (χ2n) is 3.87. The molecule has 2 aromatic heterocycles. The van der Waals surface area contributed by atoms with Gasteiger partial charge < -0.3 is 13.7 Å². The maximum Gasteiger partial charge on any atom is 0.393 e. The Kier molecular flexibility index (Phi) is 2.14. The van der Waals surface area contributed by atoms with Crippen LogP contribution in [0.25, 0.3) is 22.2 Å². The Labute approximate surface area is 98.4 Å². The van der Waals surface area contributed by atoms with Gasteiger partial charge in [0.05, 0.1) is 13.3 Å². The number of fused-ring (bicyclic) bond motifs is 1. The molecule has 3 aromatic rings. The van der Waals surface area contributed by atoms with Crippen LogP contribution in [0.2, 0.25) is 0 Å². The van der Waals surface area contributed by atoms with E-state index in [0.717, 1.165) is 22.2 Å². The van der Waals surface area contributed by atoms with Crippen molar-refractivity contribution in [2.24, 2.45) is 7.05 Å². The number of aromatic nitrogens is 2. The first-order chi connectivity index (χ1) is 8.29. The first kappa shape index (κ1) is 9.96. The summed E-state index contributed by atoms with van der Waals surface area (Å²) in [6, 6.07) is 8.18. The van der Waals surface area contributed by atoms with Crippen LogP contribution in [0.4, 0.5) is 0 Å². The smallest absolute Gasteiger partial charge is 0.393 e. The van der Waals surface area contributed by atoms with Crippen LogP contribution >= 0.6 is 0 Å². The molecule has 0 unspecified atom stereocenters. The molecule has 86 valence electrons. The monoisotopic (exact) mass is 228 g/mol. The number of oxazole rings is 1. The predicted molar refractivity (Wildman–Crippen MR) is 65.0 cm³/mol. The summed E-state index contributed by atoms with van der Waals surface area (Å²) in [5.74, 6) is 0.721. The molecule has 4 nitrogen and oxygen atoms in total. The van der Waals surface area contributed by atoms with E-state index in [0.29, 0.717) is 0 Å². The number of para-hydroxylation sites is 1. The van der Waals surface area contributed by atoms with E-state index in [1.807, 2.05) is 25.4 Å². The minimum Gasteiger partial charge on any atom is -0.454 e. The lowest BCUT2D eigenvalue weighted by Gasteiger charge is -1.94. The van der Waals surface area contributed by atoms with E-state index in [1.165, 1.54) is 0 Å². The zero-order chi connectivity index (χ0) is 11.8. The molecular weight excluding hydrogens is 216 g/mol. The second-order valence-corrected chi connectivity index (χ2v) is 3.87. The molecular formula is C13H12N2O2. The number of hydrogen-bond donors (Lipinski definition) is 0. The van der Waals surface area contributed by atoms with Crippen molar-refractivity contribution < 1.29 is 9.15 Å². The van der Waals surface area contributed by atoms with Crippen LogP contribution in [0.3, 0.4) is 0 Å². The van der Waals surface area contributed by atoms with E-state index in [1.54, 1.807) is 13.3 Å². The first-order valence-corrected chi connectivity index (χ1v) is 5.34. The lowest BCUT2D eigenvalue weighted by atomic mass is 10.1. The van der Waals surface area contributed by atoms with Gasteiger partial charge in [-0.05, 0) is 6.07 Å². The minimum absolute atomic E-state index is 0.285. The van der Waals surface area contributed by atoms with Crippen molar-refractivity contribution in [3.05, 3.63) is 36.7 Å². The molecule has 0 aliphatic rings. The molecule has 0 amide bonds. The molecule has 1 aromatic carbocycles. The minimum atomic E-state index is 0.285. The summed E-state index contributed by atoms with van der Waals surface area (Å²) >= 11 is 0. The van der Waals surface area contributed by atoms with Gasteiger partial charge in [-0.2, -0.15) is 4.98 Å². The van der Waals surface area contributed by atoms with E-state index in [-0.39, 0.29) is 6.08 Å². The van der Waals surface area contributed by atoms with Crippen molar-refractivity contribution >= 4 is 10.9 Å². The highest BCUT2D eigenvalue weighted by Gasteiger charge is 2.12. The molecule has 0 fully saturated rings. The van der Waals surface area contributed by atoms with Crippen LogP contribution in [0.1, 0.15) is 0 Å². The number of aryl methyl sites for hydroxylation is 1. The molecule has 0 bridgehead atoms. The van der Waals surface area contributed by atoms with E-state index < -0.39 is 0 Å². The molecule has 17 heavy (non-hydrogen) atoms. The normalized spacial score (nSPS) is 10.9. The summed E-state index contributed by atoms with van der Waals surface area (Å²) in [7, 11) is 3.55. The molecule has 0 saturated heterocycles. The van der Waals surface area contributed by atoms with Crippen molar-refractivity contribution in [2.75, 3.05) is 7.11 Å². The van der Waals surface area contributed by atoms with Crippen molar-refractivity contribution in [2.45, 2.75) is 0 Å². The Hall–Kier alpha value is -2.23. The standard InChI is InChI=1S/C13H12N2O2/c1-15-8-10(9-5-3-4-6-11(9)15)12-7-14-13(16-2)17-12/h3-8H,1-2H3. The summed E-state index contributed by atoms with van der Waals surface area (Å²) < 4.78 is 12.5. The average molecular weight is 228 g/mol. The number of nitrogens with zero attached hydrogens (tertiary/aromatic N) is 2. The fraction of sp³-hybridized carbons (Fsp3) is 0.154.